The zero-order valence-corrected chi connectivity index (χ0v) is 10.2. The summed E-state index contributed by atoms with van der Waals surface area (Å²) in [4.78, 5) is 22.5. The summed E-state index contributed by atoms with van der Waals surface area (Å²) in [5, 5.41) is 2.53. The van der Waals surface area contributed by atoms with Crippen molar-refractivity contribution in [3.05, 3.63) is 35.4 Å². The smallest absolute Gasteiger partial charge is 0.251 e. The summed E-state index contributed by atoms with van der Waals surface area (Å²) in [7, 11) is 0. The van der Waals surface area contributed by atoms with E-state index in [1.54, 1.807) is 19.1 Å². The highest BCUT2D eigenvalue weighted by atomic mass is 16.2. The minimum Gasteiger partial charge on any atom is -0.368 e. The number of hydrogen-bond acceptors (Lipinski definition) is 2. The second kappa shape index (κ2) is 6.03. The number of aryl methyl sites for hydroxylation is 1. The van der Waals surface area contributed by atoms with E-state index in [2.05, 4.69) is 12.2 Å². The van der Waals surface area contributed by atoms with Crippen molar-refractivity contribution >= 4 is 11.8 Å². The third-order valence-corrected chi connectivity index (χ3v) is 2.53. The van der Waals surface area contributed by atoms with E-state index in [-0.39, 0.29) is 5.91 Å². The van der Waals surface area contributed by atoms with Gasteiger partial charge in [-0.3, -0.25) is 9.59 Å². The van der Waals surface area contributed by atoms with E-state index in [1.165, 1.54) is 5.56 Å². The number of nitrogens with two attached hydrogens (primary N) is 1. The van der Waals surface area contributed by atoms with Gasteiger partial charge in [0.1, 0.15) is 6.04 Å². The molecule has 0 radical (unpaired) electrons. The number of carbonyl (C=O) groups excluding carboxylic acids is 2. The molecule has 0 aliphatic rings. The number of carbonyl (C=O) groups is 2. The topological polar surface area (TPSA) is 72.2 Å². The minimum atomic E-state index is -0.655. The number of rotatable bonds is 5. The molecule has 0 bridgehead atoms. The molecule has 0 aliphatic heterocycles. The molecule has 1 atom stereocenters. The van der Waals surface area contributed by atoms with Crippen LogP contribution >= 0.6 is 0 Å². The number of benzene rings is 1. The van der Waals surface area contributed by atoms with Crippen LogP contribution in [0, 0.1) is 0 Å². The Bertz CT molecular complexity index is 398. The molecule has 3 N–H and O–H groups in total. The van der Waals surface area contributed by atoms with Gasteiger partial charge < -0.3 is 11.1 Å². The lowest BCUT2D eigenvalue weighted by Gasteiger charge is -2.10. The van der Waals surface area contributed by atoms with Crippen molar-refractivity contribution < 1.29 is 9.59 Å². The summed E-state index contributed by atoms with van der Waals surface area (Å²) in [6.45, 7) is 3.67. The average Bonchev–Trinajstić information content (AvgIpc) is 2.30. The molecular formula is C13H18N2O2. The minimum absolute atomic E-state index is 0.278. The van der Waals surface area contributed by atoms with Crippen molar-refractivity contribution in [3.63, 3.8) is 0 Å². The zero-order valence-electron chi connectivity index (χ0n) is 10.2. The van der Waals surface area contributed by atoms with Crippen molar-refractivity contribution in [2.45, 2.75) is 32.7 Å². The fourth-order valence-electron chi connectivity index (χ4n) is 1.46. The first-order chi connectivity index (χ1) is 8.04. The first-order valence-corrected chi connectivity index (χ1v) is 5.73. The summed E-state index contributed by atoms with van der Waals surface area (Å²) in [5.74, 6) is -0.819. The monoisotopic (exact) mass is 234 g/mol. The van der Waals surface area contributed by atoms with Crippen LogP contribution in [0.4, 0.5) is 0 Å². The summed E-state index contributed by atoms with van der Waals surface area (Å²) in [6.07, 6.45) is 2.07. The first kappa shape index (κ1) is 13.2. The van der Waals surface area contributed by atoms with Gasteiger partial charge in [0.15, 0.2) is 0 Å². The van der Waals surface area contributed by atoms with Crippen LogP contribution in [0.1, 0.15) is 36.2 Å². The van der Waals surface area contributed by atoms with E-state index in [1.807, 2.05) is 12.1 Å². The van der Waals surface area contributed by atoms with E-state index in [0.29, 0.717) is 5.56 Å². The van der Waals surface area contributed by atoms with Crippen LogP contribution in [0.5, 0.6) is 0 Å². The van der Waals surface area contributed by atoms with Crippen LogP contribution in [0.2, 0.25) is 0 Å². The highest BCUT2D eigenvalue weighted by Crippen LogP contribution is 2.06. The lowest BCUT2D eigenvalue weighted by atomic mass is 10.1. The molecule has 1 aromatic carbocycles. The van der Waals surface area contributed by atoms with E-state index in [9.17, 15) is 9.59 Å². The molecule has 0 saturated carbocycles. The van der Waals surface area contributed by atoms with Gasteiger partial charge >= 0.3 is 0 Å². The largest absolute Gasteiger partial charge is 0.368 e. The predicted octanol–water partition coefficient (Wildman–Crippen LogP) is 1.24. The number of nitrogens with one attached hydrogen (secondary N) is 1. The maximum atomic E-state index is 11.7. The van der Waals surface area contributed by atoms with Crippen LogP contribution in [-0.2, 0) is 11.2 Å². The molecule has 2 amide bonds. The summed E-state index contributed by atoms with van der Waals surface area (Å²) >= 11 is 0. The van der Waals surface area contributed by atoms with Gasteiger partial charge in [-0.25, -0.2) is 0 Å². The van der Waals surface area contributed by atoms with Crippen molar-refractivity contribution in [1.82, 2.24) is 5.32 Å². The molecule has 0 fully saturated rings. The van der Waals surface area contributed by atoms with Gasteiger partial charge in [-0.2, -0.15) is 0 Å². The first-order valence-electron chi connectivity index (χ1n) is 5.73. The third kappa shape index (κ3) is 3.90. The molecule has 0 saturated heterocycles. The summed E-state index contributed by atoms with van der Waals surface area (Å²) in [6, 6.07) is 6.71. The Hall–Kier alpha value is -1.84. The average molecular weight is 234 g/mol. The van der Waals surface area contributed by atoms with Crippen LogP contribution in [0.15, 0.2) is 24.3 Å². The van der Waals surface area contributed by atoms with Crippen molar-refractivity contribution in [2.75, 3.05) is 0 Å². The Balaban J connectivity index is 2.66. The van der Waals surface area contributed by atoms with Crippen LogP contribution in [0.25, 0.3) is 0 Å². The Kier molecular flexibility index (Phi) is 4.69. The van der Waals surface area contributed by atoms with Crippen LogP contribution < -0.4 is 11.1 Å². The lowest BCUT2D eigenvalue weighted by molar-refractivity contribution is -0.119. The van der Waals surface area contributed by atoms with E-state index >= 15 is 0 Å². The van der Waals surface area contributed by atoms with Gasteiger partial charge in [0, 0.05) is 5.56 Å². The molecule has 0 spiro atoms. The Labute approximate surface area is 101 Å². The van der Waals surface area contributed by atoms with Gasteiger partial charge in [0.2, 0.25) is 5.91 Å². The highest BCUT2D eigenvalue weighted by molar-refractivity contribution is 5.97. The molecule has 0 heterocycles. The molecule has 0 unspecified atom stereocenters. The summed E-state index contributed by atoms with van der Waals surface area (Å²) in [5.41, 5.74) is 6.81. The summed E-state index contributed by atoms with van der Waals surface area (Å²) < 4.78 is 0. The van der Waals surface area contributed by atoms with Crippen LogP contribution in [-0.4, -0.2) is 17.9 Å². The quantitative estimate of drug-likeness (QED) is 0.804. The molecule has 1 aromatic rings. The van der Waals surface area contributed by atoms with E-state index in [4.69, 9.17) is 5.73 Å². The number of primary amides is 1. The predicted molar refractivity (Wildman–Crippen MR) is 66.6 cm³/mol. The SMILES string of the molecule is CCCc1ccc(C(=O)N[C@H](C)C(N)=O)cc1. The fourth-order valence-corrected chi connectivity index (χ4v) is 1.46. The van der Waals surface area contributed by atoms with Gasteiger partial charge in [-0.15, -0.1) is 0 Å². The van der Waals surface area contributed by atoms with Crippen LogP contribution in [0.3, 0.4) is 0 Å². The number of hydrogen-bond donors (Lipinski definition) is 2. The van der Waals surface area contributed by atoms with E-state index in [0.717, 1.165) is 12.8 Å². The highest BCUT2D eigenvalue weighted by Gasteiger charge is 2.13. The van der Waals surface area contributed by atoms with E-state index < -0.39 is 11.9 Å². The molecule has 4 heteroatoms. The second-order valence-corrected chi connectivity index (χ2v) is 4.04. The Morgan fingerprint density at radius 3 is 2.35 bits per heavy atom. The van der Waals surface area contributed by atoms with Crippen molar-refractivity contribution in [2.24, 2.45) is 5.73 Å². The second-order valence-electron chi connectivity index (χ2n) is 4.04. The zero-order chi connectivity index (χ0) is 12.8. The molecule has 92 valence electrons. The lowest BCUT2D eigenvalue weighted by Crippen LogP contribution is -2.42. The van der Waals surface area contributed by atoms with Crippen molar-refractivity contribution in [3.8, 4) is 0 Å². The van der Waals surface area contributed by atoms with Gasteiger partial charge in [0.25, 0.3) is 5.91 Å². The Morgan fingerprint density at radius 2 is 1.88 bits per heavy atom. The number of amides is 2. The molecular weight excluding hydrogens is 216 g/mol. The molecule has 17 heavy (non-hydrogen) atoms. The van der Waals surface area contributed by atoms with Gasteiger partial charge in [-0.1, -0.05) is 25.5 Å². The maximum absolute atomic E-state index is 11.7. The molecule has 0 aromatic heterocycles. The molecule has 1 rings (SSSR count). The Morgan fingerprint density at radius 1 is 1.29 bits per heavy atom. The van der Waals surface area contributed by atoms with Gasteiger partial charge in [0.05, 0.1) is 0 Å². The molecule has 0 aliphatic carbocycles. The van der Waals surface area contributed by atoms with Gasteiger partial charge in [-0.05, 0) is 31.0 Å². The third-order valence-electron chi connectivity index (χ3n) is 2.53. The standard InChI is InChI=1S/C13H18N2O2/c1-3-4-10-5-7-11(8-6-10)13(17)15-9(2)12(14)16/h5-9H,3-4H2,1-2H3,(H2,14,16)(H,15,17)/t9-/m1/s1. The van der Waals surface area contributed by atoms with Crippen molar-refractivity contribution in [1.29, 1.82) is 0 Å². The maximum Gasteiger partial charge on any atom is 0.251 e. The normalized spacial score (nSPS) is 11.9. The molecule has 4 nitrogen and oxygen atoms in total. The fraction of sp³-hybridized carbons (Fsp3) is 0.385.